The highest BCUT2D eigenvalue weighted by Gasteiger charge is 2.32. The van der Waals surface area contributed by atoms with Gasteiger partial charge in [-0.25, -0.2) is 0 Å². The topological polar surface area (TPSA) is 89.4 Å². The van der Waals surface area contributed by atoms with Crippen molar-refractivity contribution in [2.24, 2.45) is 5.11 Å². The Hall–Kier alpha value is -0.820. The van der Waals surface area contributed by atoms with Crippen molar-refractivity contribution in [3.8, 4) is 0 Å². The van der Waals surface area contributed by atoms with Gasteiger partial charge in [0.25, 0.3) is 10.2 Å². The predicted octanol–water partition coefficient (Wildman–Crippen LogP) is 1.88. The predicted molar refractivity (Wildman–Crippen MR) is 72.7 cm³/mol. The minimum absolute atomic E-state index is 0.0550. The molecule has 2 heterocycles. The van der Waals surface area contributed by atoms with Gasteiger partial charge in [-0.05, 0) is 31.2 Å². The molecule has 0 amide bonds. The van der Waals surface area contributed by atoms with Crippen LogP contribution in [0.1, 0.15) is 38.5 Å². The Labute approximate surface area is 114 Å². The zero-order chi connectivity index (χ0) is 13.7. The van der Waals surface area contributed by atoms with E-state index in [9.17, 15) is 8.42 Å². The van der Waals surface area contributed by atoms with Crippen LogP contribution < -0.4 is 0 Å². The van der Waals surface area contributed by atoms with Gasteiger partial charge >= 0.3 is 0 Å². The molecule has 2 rings (SSSR count). The first kappa shape index (κ1) is 14.6. The fourth-order valence-corrected chi connectivity index (χ4v) is 4.42. The van der Waals surface area contributed by atoms with E-state index in [0.717, 1.165) is 25.7 Å². The minimum Gasteiger partial charge on any atom is -0.195 e. The average molecular weight is 287 g/mol. The molecule has 0 radical (unpaired) electrons. The van der Waals surface area contributed by atoms with Crippen LogP contribution >= 0.6 is 0 Å². The van der Waals surface area contributed by atoms with Gasteiger partial charge in [0.05, 0.1) is 0 Å². The molecule has 2 aliphatic heterocycles. The molecule has 0 N–H and O–H groups in total. The molecule has 2 saturated heterocycles. The smallest absolute Gasteiger partial charge is 0.195 e. The minimum atomic E-state index is -3.31. The first-order valence-electron chi connectivity index (χ1n) is 6.94. The summed E-state index contributed by atoms with van der Waals surface area (Å²) in [7, 11) is -3.31. The van der Waals surface area contributed by atoms with Crippen molar-refractivity contribution in [3.63, 3.8) is 0 Å². The van der Waals surface area contributed by atoms with Crippen LogP contribution in [0.2, 0.25) is 0 Å². The van der Waals surface area contributed by atoms with E-state index in [0.29, 0.717) is 39.0 Å². The van der Waals surface area contributed by atoms with Crippen LogP contribution in [0, 0.1) is 0 Å². The van der Waals surface area contributed by atoms with Crippen LogP contribution in [0.15, 0.2) is 5.11 Å². The van der Waals surface area contributed by atoms with Crippen molar-refractivity contribution in [2.75, 3.05) is 26.2 Å². The van der Waals surface area contributed by atoms with E-state index >= 15 is 0 Å². The van der Waals surface area contributed by atoms with E-state index in [1.54, 1.807) is 8.61 Å². The molecule has 0 spiro atoms. The maximum absolute atomic E-state index is 12.5. The molecule has 7 nitrogen and oxygen atoms in total. The van der Waals surface area contributed by atoms with E-state index in [1.807, 2.05) is 0 Å². The molecule has 19 heavy (non-hydrogen) atoms. The fraction of sp³-hybridized carbons (Fsp3) is 1.00. The molecular formula is C11H21N5O2S. The second-order valence-corrected chi connectivity index (χ2v) is 7.08. The molecular weight excluding hydrogens is 266 g/mol. The van der Waals surface area contributed by atoms with Gasteiger partial charge in [0.1, 0.15) is 0 Å². The van der Waals surface area contributed by atoms with Crippen molar-refractivity contribution in [1.29, 1.82) is 0 Å². The lowest BCUT2D eigenvalue weighted by Gasteiger charge is -2.33. The Morgan fingerprint density at radius 1 is 0.947 bits per heavy atom. The third kappa shape index (κ3) is 3.60. The number of azide groups is 1. The van der Waals surface area contributed by atoms with Crippen LogP contribution in [0.3, 0.4) is 0 Å². The molecule has 0 aromatic heterocycles. The van der Waals surface area contributed by atoms with E-state index in [2.05, 4.69) is 10.0 Å². The lowest BCUT2D eigenvalue weighted by molar-refractivity contribution is 0.288. The van der Waals surface area contributed by atoms with Gasteiger partial charge in [-0.2, -0.15) is 17.0 Å². The monoisotopic (exact) mass is 287 g/mol. The Balaban J connectivity index is 1.98. The van der Waals surface area contributed by atoms with E-state index in [-0.39, 0.29) is 6.04 Å². The standard InChI is InChI=1S/C11H21N5O2S/c12-14-13-11-5-9-16(10-6-11)19(17,18)15-7-3-1-2-4-8-15/h11H,1-10H2. The summed E-state index contributed by atoms with van der Waals surface area (Å²) < 4.78 is 28.2. The van der Waals surface area contributed by atoms with Gasteiger partial charge < -0.3 is 0 Å². The fourth-order valence-electron chi connectivity index (χ4n) is 2.70. The van der Waals surface area contributed by atoms with E-state index < -0.39 is 10.2 Å². The summed E-state index contributed by atoms with van der Waals surface area (Å²) in [5, 5.41) is 3.67. The summed E-state index contributed by atoms with van der Waals surface area (Å²) in [6, 6.07) is -0.0550. The molecule has 0 unspecified atom stereocenters. The number of hydrogen-bond acceptors (Lipinski definition) is 3. The highest BCUT2D eigenvalue weighted by molar-refractivity contribution is 7.86. The molecule has 0 aromatic carbocycles. The second kappa shape index (κ2) is 6.56. The summed E-state index contributed by atoms with van der Waals surface area (Å²) in [4.78, 5) is 2.80. The molecule has 2 fully saturated rings. The Morgan fingerprint density at radius 2 is 1.47 bits per heavy atom. The Morgan fingerprint density at radius 3 is 2.00 bits per heavy atom. The van der Waals surface area contributed by atoms with Crippen LogP contribution in [0.4, 0.5) is 0 Å². The largest absolute Gasteiger partial charge is 0.281 e. The molecule has 0 saturated carbocycles. The number of rotatable bonds is 3. The quantitative estimate of drug-likeness (QED) is 0.450. The van der Waals surface area contributed by atoms with Gasteiger partial charge in [0.15, 0.2) is 0 Å². The maximum atomic E-state index is 12.5. The summed E-state index contributed by atoms with van der Waals surface area (Å²) in [5.41, 5.74) is 8.40. The number of piperidine rings is 1. The third-order valence-corrected chi connectivity index (χ3v) is 5.89. The summed E-state index contributed by atoms with van der Waals surface area (Å²) in [6.07, 6.45) is 5.38. The zero-order valence-corrected chi connectivity index (χ0v) is 11.9. The second-order valence-electron chi connectivity index (χ2n) is 5.16. The van der Waals surface area contributed by atoms with Crippen molar-refractivity contribution in [2.45, 2.75) is 44.6 Å². The van der Waals surface area contributed by atoms with Crippen LogP contribution in [-0.2, 0) is 10.2 Å². The molecule has 0 aromatic rings. The van der Waals surface area contributed by atoms with Crippen LogP contribution in [-0.4, -0.2) is 49.2 Å². The van der Waals surface area contributed by atoms with E-state index in [1.165, 1.54) is 0 Å². The Kier molecular flexibility index (Phi) is 5.04. The van der Waals surface area contributed by atoms with Gasteiger partial charge in [-0.15, -0.1) is 0 Å². The van der Waals surface area contributed by atoms with Gasteiger partial charge in [0.2, 0.25) is 0 Å². The number of hydrogen-bond donors (Lipinski definition) is 0. The average Bonchev–Trinajstić information content (AvgIpc) is 2.69. The van der Waals surface area contributed by atoms with Crippen LogP contribution in [0.5, 0.6) is 0 Å². The first-order valence-corrected chi connectivity index (χ1v) is 8.34. The zero-order valence-electron chi connectivity index (χ0n) is 11.1. The molecule has 0 bridgehead atoms. The summed E-state index contributed by atoms with van der Waals surface area (Å²) in [6.45, 7) is 2.20. The SMILES string of the molecule is [N-]=[N+]=NC1CCN(S(=O)(=O)N2CCCCCC2)CC1. The number of nitrogens with zero attached hydrogens (tertiary/aromatic N) is 5. The van der Waals surface area contributed by atoms with Crippen LogP contribution in [0.25, 0.3) is 10.4 Å². The lowest BCUT2D eigenvalue weighted by atomic mass is 10.1. The van der Waals surface area contributed by atoms with Crippen molar-refractivity contribution in [3.05, 3.63) is 10.4 Å². The van der Waals surface area contributed by atoms with Gasteiger partial charge in [-0.1, -0.05) is 18.0 Å². The third-order valence-electron chi connectivity index (χ3n) is 3.86. The Bertz CT molecular complexity index is 430. The van der Waals surface area contributed by atoms with Crippen molar-refractivity contribution >= 4 is 10.2 Å². The first-order chi connectivity index (χ1) is 9.14. The highest BCUT2D eigenvalue weighted by Crippen LogP contribution is 2.21. The van der Waals surface area contributed by atoms with E-state index in [4.69, 9.17) is 5.53 Å². The summed E-state index contributed by atoms with van der Waals surface area (Å²) >= 11 is 0. The van der Waals surface area contributed by atoms with Gasteiger partial charge in [0, 0.05) is 37.1 Å². The summed E-state index contributed by atoms with van der Waals surface area (Å²) in [5.74, 6) is 0. The molecule has 0 atom stereocenters. The molecule has 2 aliphatic rings. The maximum Gasteiger partial charge on any atom is 0.281 e. The molecule has 8 heteroatoms. The van der Waals surface area contributed by atoms with Gasteiger partial charge in [-0.3, -0.25) is 0 Å². The lowest BCUT2D eigenvalue weighted by Crippen LogP contribution is -2.48. The molecule has 108 valence electrons. The van der Waals surface area contributed by atoms with Crippen molar-refractivity contribution < 1.29 is 8.42 Å². The molecule has 0 aliphatic carbocycles. The normalized spacial score (nSPS) is 24.6. The van der Waals surface area contributed by atoms with Crippen molar-refractivity contribution in [1.82, 2.24) is 8.61 Å². The highest BCUT2D eigenvalue weighted by atomic mass is 32.2.